The third-order valence-corrected chi connectivity index (χ3v) is 4.53. The Labute approximate surface area is 135 Å². The number of nitrogens with two attached hydrogens (primary N) is 1. The summed E-state index contributed by atoms with van der Waals surface area (Å²) in [7, 11) is 0. The van der Waals surface area contributed by atoms with E-state index in [1.807, 2.05) is 35.4 Å². The number of aromatic amines is 1. The Kier molecular flexibility index (Phi) is 4.95. The second-order valence-electron chi connectivity index (χ2n) is 6.06. The lowest BCUT2D eigenvalue weighted by atomic mass is 10.0. The zero-order chi connectivity index (χ0) is 16.2. The summed E-state index contributed by atoms with van der Waals surface area (Å²) >= 11 is 0. The van der Waals surface area contributed by atoms with E-state index in [-0.39, 0.29) is 12.5 Å². The van der Waals surface area contributed by atoms with Crippen molar-refractivity contribution in [3.8, 4) is 0 Å². The normalized spacial score (nSPS) is 17.6. The Morgan fingerprint density at radius 2 is 2.00 bits per heavy atom. The number of hydrogen-bond donors (Lipinski definition) is 3. The molecule has 2 heterocycles. The lowest BCUT2D eigenvalue weighted by Crippen LogP contribution is -2.53. The zero-order valence-electron chi connectivity index (χ0n) is 13.2. The number of β-amino-alcohol motifs (C(OH)–C–C–N with tert-alkyl or cyclic N) is 1. The highest BCUT2D eigenvalue weighted by atomic mass is 16.3. The van der Waals surface area contributed by atoms with Crippen molar-refractivity contribution >= 4 is 16.8 Å². The van der Waals surface area contributed by atoms with Crippen molar-refractivity contribution < 1.29 is 9.90 Å². The minimum atomic E-state index is -0.515. The fourth-order valence-corrected chi connectivity index (χ4v) is 3.19. The molecule has 0 saturated carbocycles. The Morgan fingerprint density at radius 1 is 1.26 bits per heavy atom. The predicted octanol–water partition coefficient (Wildman–Crippen LogP) is 0.174. The number of carbonyl (C=O) groups excluding carboxylic acids is 1. The van der Waals surface area contributed by atoms with E-state index in [1.54, 1.807) is 0 Å². The number of nitrogens with zero attached hydrogens (tertiary/aromatic N) is 2. The van der Waals surface area contributed by atoms with Gasteiger partial charge in [0.2, 0.25) is 5.91 Å². The van der Waals surface area contributed by atoms with Crippen LogP contribution in [0.3, 0.4) is 0 Å². The number of benzene rings is 1. The molecular formula is C17H24N4O2. The minimum Gasteiger partial charge on any atom is -0.395 e. The van der Waals surface area contributed by atoms with Crippen LogP contribution in [0.4, 0.5) is 0 Å². The number of amides is 1. The van der Waals surface area contributed by atoms with E-state index in [0.717, 1.165) is 29.6 Å². The molecule has 0 radical (unpaired) electrons. The number of aromatic nitrogens is 1. The second kappa shape index (κ2) is 7.12. The van der Waals surface area contributed by atoms with Gasteiger partial charge in [0.15, 0.2) is 0 Å². The maximum atomic E-state index is 12.5. The van der Waals surface area contributed by atoms with Gasteiger partial charge >= 0.3 is 0 Å². The van der Waals surface area contributed by atoms with Crippen LogP contribution in [-0.2, 0) is 11.2 Å². The maximum Gasteiger partial charge on any atom is 0.239 e. The largest absolute Gasteiger partial charge is 0.395 e. The molecule has 6 heteroatoms. The summed E-state index contributed by atoms with van der Waals surface area (Å²) in [5.41, 5.74) is 8.32. The van der Waals surface area contributed by atoms with Crippen LogP contribution in [-0.4, -0.2) is 71.2 Å². The summed E-state index contributed by atoms with van der Waals surface area (Å²) in [5.74, 6) is 0.0129. The van der Waals surface area contributed by atoms with Crippen LogP contribution in [0.25, 0.3) is 10.9 Å². The number of fused-ring (bicyclic) bond motifs is 1. The molecule has 0 spiro atoms. The van der Waals surface area contributed by atoms with Gasteiger partial charge in [0.05, 0.1) is 12.6 Å². The highest BCUT2D eigenvalue weighted by Gasteiger charge is 2.25. The average molecular weight is 316 g/mol. The Hall–Kier alpha value is -1.89. The molecule has 1 aliphatic rings. The molecule has 1 aromatic carbocycles. The number of carbonyl (C=O) groups is 1. The molecule has 23 heavy (non-hydrogen) atoms. The maximum absolute atomic E-state index is 12.5. The molecule has 1 fully saturated rings. The third kappa shape index (κ3) is 3.55. The van der Waals surface area contributed by atoms with Crippen molar-refractivity contribution in [3.05, 3.63) is 36.0 Å². The Bertz CT molecular complexity index is 661. The molecule has 124 valence electrons. The number of aliphatic hydroxyl groups is 1. The standard InChI is InChI=1S/C17H24N4O2/c18-15(11-13-12-19-16-4-2-1-3-14(13)16)17(23)21-7-5-20(6-8-21)9-10-22/h1-4,12,15,19,22H,5-11,18H2/t15-/m0/s1. The van der Waals surface area contributed by atoms with Crippen LogP contribution in [0.5, 0.6) is 0 Å². The molecule has 1 aliphatic heterocycles. The van der Waals surface area contributed by atoms with Gasteiger partial charge in [0, 0.05) is 49.8 Å². The quantitative estimate of drug-likeness (QED) is 0.734. The first kappa shape index (κ1) is 16.0. The van der Waals surface area contributed by atoms with Gasteiger partial charge in [-0.05, 0) is 18.1 Å². The topological polar surface area (TPSA) is 85.6 Å². The van der Waals surface area contributed by atoms with Gasteiger partial charge in [-0.1, -0.05) is 18.2 Å². The lowest BCUT2D eigenvalue weighted by molar-refractivity contribution is -0.134. The van der Waals surface area contributed by atoms with E-state index in [1.165, 1.54) is 0 Å². The first-order chi connectivity index (χ1) is 11.2. The van der Waals surface area contributed by atoms with Crippen molar-refractivity contribution in [2.24, 2.45) is 5.73 Å². The van der Waals surface area contributed by atoms with E-state index in [4.69, 9.17) is 10.8 Å². The van der Waals surface area contributed by atoms with E-state index in [9.17, 15) is 4.79 Å². The predicted molar refractivity (Wildman–Crippen MR) is 90.1 cm³/mol. The fourth-order valence-electron chi connectivity index (χ4n) is 3.19. The summed E-state index contributed by atoms with van der Waals surface area (Å²) in [6, 6.07) is 7.53. The van der Waals surface area contributed by atoms with Gasteiger partial charge in [-0.25, -0.2) is 0 Å². The van der Waals surface area contributed by atoms with Crippen LogP contribution < -0.4 is 5.73 Å². The molecule has 1 amide bonds. The van der Waals surface area contributed by atoms with Gasteiger partial charge in [-0.3, -0.25) is 9.69 Å². The molecule has 6 nitrogen and oxygen atoms in total. The molecule has 1 saturated heterocycles. The van der Waals surface area contributed by atoms with E-state index >= 15 is 0 Å². The van der Waals surface area contributed by atoms with E-state index in [0.29, 0.717) is 26.1 Å². The van der Waals surface area contributed by atoms with Gasteiger partial charge in [0.25, 0.3) is 0 Å². The van der Waals surface area contributed by atoms with Crippen molar-refractivity contribution in [1.82, 2.24) is 14.8 Å². The smallest absolute Gasteiger partial charge is 0.239 e. The number of nitrogens with one attached hydrogen (secondary N) is 1. The molecule has 3 rings (SSSR count). The van der Waals surface area contributed by atoms with Gasteiger partial charge in [-0.2, -0.15) is 0 Å². The van der Waals surface area contributed by atoms with E-state index < -0.39 is 6.04 Å². The summed E-state index contributed by atoms with van der Waals surface area (Å²) in [6.45, 7) is 3.79. The first-order valence-electron chi connectivity index (χ1n) is 8.11. The van der Waals surface area contributed by atoms with Crippen LogP contribution >= 0.6 is 0 Å². The minimum absolute atomic E-state index is 0.0129. The van der Waals surface area contributed by atoms with Crippen LogP contribution in [0.15, 0.2) is 30.5 Å². The highest BCUT2D eigenvalue weighted by Crippen LogP contribution is 2.19. The summed E-state index contributed by atoms with van der Waals surface area (Å²) in [4.78, 5) is 19.8. The van der Waals surface area contributed by atoms with Gasteiger partial charge < -0.3 is 20.7 Å². The van der Waals surface area contributed by atoms with Crippen LogP contribution in [0.2, 0.25) is 0 Å². The Balaban J connectivity index is 1.60. The highest BCUT2D eigenvalue weighted by molar-refractivity contribution is 5.86. The first-order valence-corrected chi connectivity index (χ1v) is 8.11. The number of H-pyrrole nitrogens is 1. The van der Waals surface area contributed by atoms with Crippen molar-refractivity contribution in [2.75, 3.05) is 39.3 Å². The number of rotatable bonds is 5. The number of aliphatic hydroxyl groups excluding tert-OH is 1. The van der Waals surface area contributed by atoms with Crippen molar-refractivity contribution in [2.45, 2.75) is 12.5 Å². The SMILES string of the molecule is N[C@@H](Cc1c[nH]c2ccccc12)C(=O)N1CCN(CCO)CC1. The van der Waals surface area contributed by atoms with Gasteiger partial charge in [0.1, 0.15) is 0 Å². The van der Waals surface area contributed by atoms with Crippen LogP contribution in [0.1, 0.15) is 5.56 Å². The van der Waals surface area contributed by atoms with Crippen molar-refractivity contribution in [3.63, 3.8) is 0 Å². The third-order valence-electron chi connectivity index (χ3n) is 4.53. The second-order valence-corrected chi connectivity index (χ2v) is 6.06. The number of piperazine rings is 1. The number of para-hydroxylation sites is 1. The molecule has 0 unspecified atom stereocenters. The summed E-state index contributed by atoms with van der Waals surface area (Å²) < 4.78 is 0. The van der Waals surface area contributed by atoms with Crippen LogP contribution in [0, 0.1) is 0 Å². The molecule has 4 N–H and O–H groups in total. The molecule has 1 atom stereocenters. The molecule has 2 aromatic rings. The Morgan fingerprint density at radius 3 is 2.74 bits per heavy atom. The molecular weight excluding hydrogens is 292 g/mol. The fraction of sp³-hybridized carbons (Fsp3) is 0.471. The van der Waals surface area contributed by atoms with Crippen molar-refractivity contribution in [1.29, 1.82) is 0 Å². The molecule has 1 aromatic heterocycles. The monoisotopic (exact) mass is 316 g/mol. The summed E-state index contributed by atoms with van der Waals surface area (Å²) in [6.07, 6.45) is 2.48. The molecule has 0 bridgehead atoms. The zero-order valence-corrected chi connectivity index (χ0v) is 13.2. The lowest BCUT2D eigenvalue weighted by Gasteiger charge is -2.35. The average Bonchev–Trinajstić information content (AvgIpc) is 2.98. The summed E-state index contributed by atoms with van der Waals surface area (Å²) in [5, 5.41) is 10.1. The van der Waals surface area contributed by atoms with Gasteiger partial charge in [-0.15, -0.1) is 0 Å². The number of hydrogen-bond acceptors (Lipinski definition) is 4. The molecule has 0 aliphatic carbocycles. The van der Waals surface area contributed by atoms with E-state index in [2.05, 4.69) is 9.88 Å².